The van der Waals surface area contributed by atoms with Gasteiger partial charge in [-0.1, -0.05) is 12.1 Å². The number of ether oxygens (including phenoxy) is 1. The fourth-order valence-electron chi connectivity index (χ4n) is 3.23. The molecule has 2 N–H and O–H groups in total. The van der Waals surface area contributed by atoms with Crippen molar-refractivity contribution >= 4 is 16.9 Å². The summed E-state index contributed by atoms with van der Waals surface area (Å²) in [6, 6.07) is 11.0. The minimum atomic E-state index is -0.906. The van der Waals surface area contributed by atoms with Crippen LogP contribution in [0.2, 0.25) is 0 Å². The molecule has 4 rings (SSSR count). The zero-order chi connectivity index (χ0) is 16.7. The molecule has 7 heteroatoms. The van der Waals surface area contributed by atoms with E-state index < -0.39 is 5.54 Å². The van der Waals surface area contributed by atoms with Crippen LogP contribution in [0.1, 0.15) is 12.6 Å². The van der Waals surface area contributed by atoms with Crippen LogP contribution < -0.4 is 15.7 Å². The largest absolute Gasteiger partial charge is 0.488 e. The van der Waals surface area contributed by atoms with E-state index in [1.165, 1.54) is 6.92 Å². The Morgan fingerprint density at radius 3 is 3.00 bits per heavy atom. The molecule has 122 valence electrons. The number of aromatic nitrogens is 3. The molecule has 1 atom stereocenters. The topological polar surface area (TPSA) is 89.0 Å². The number of nitrogens with zero attached hydrogens (tertiary/aromatic N) is 2. The molecule has 0 saturated heterocycles. The van der Waals surface area contributed by atoms with Gasteiger partial charge in [-0.2, -0.15) is 0 Å². The van der Waals surface area contributed by atoms with Gasteiger partial charge in [-0.15, -0.1) is 0 Å². The summed E-state index contributed by atoms with van der Waals surface area (Å²) < 4.78 is 7.59. The lowest BCUT2D eigenvalue weighted by molar-refractivity contribution is -0.119. The van der Waals surface area contributed by atoms with Crippen LogP contribution in [0, 0.1) is 0 Å². The van der Waals surface area contributed by atoms with Gasteiger partial charge in [0, 0.05) is 13.1 Å². The average Bonchev–Trinajstić information content (AvgIpc) is 2.94. The van der Waals surface area contributed by atoms with E-state index in [0.29, 0.717) is 22.5 Å². The third-order valence-corrected chi connectivity index (χ3v) is 4.33. The number of carbonyl (C=O) groups excluding carboxylic acids is 1. The fraction of sp³-hybridized carbons (Fsp3) is 0.235. The first-order valence-corrected chi connectivity index (χ1v) is 7.65. The summed E-state index contributed by atoms with van der Waals surface area (Å²) in [5.74, 6) is 0.462. The summed E-state index contributed by atoms with van der Waals surface area (Å²) in [6.07, 6.45) is 1.67. The average molecular weight is 324 g/mol. The van der Waals surface area contributed by atoms with Crippen molar-refractivity contribution in [3.05, 3.63) is 58.8 Å². The number of para-hydroxylation sites is 1. The highest BCUT2D eigenvalue weighted by atomic mass is 16.5. The van der Waals surface area contributed by atoms with Gasteiger partial charge < -0.3 is 15.0 Å². The van der Waals surface area contributed by atoms with E-state index >= 15 is 0 Å². The highest BCUT2D eigenvalue weighted by Crippen LogP contribution is 2.36. The zero-order valence-electron chi connectivity index (χ0n) is 13.1. The molecule has 1 amide bonds. The van der Waals surface area contributed by atoms with Crippen molar-refractivity contribution < 1.29 is 9.53 Å². The molecule has 1 aliphatic rings. The molecule has 3 heterocycles. The highest BCUT2D eigenvalue weighted by molar-refractivity contribution is 5.83. The van der Waals surface area contributed by atoms with Gasteiger partial charge in [-0.3, -0.25) is 14.3 Å². The lowest BCUT2D eigenvalue weighted by Gasteiger charge is -2.37. The maximum Gasteiger partial charge on any atom is 0.327 e. The van der Waals surface area contributed by atoms with E-state index in [1.54, 1.807) is 10.8 Å². The van der Waals surface area contributed by atoms with Crippen molar-refractivity contribution in [3.63, 3.8) is 0 Å². The third kappa shape index (κ3) is 2.01. The monoisotopic (exact) mass is 324 g/mol. The Hall–Kier alpha value is -3.09. The molecule has 0 aliphatic carbocycles. The lowest BCUT2D eigenvalue weighted by Crippen LogP contribution is -2.54. The first-order valence-electron chi connectivity index (χ1n) is 7.65. The van der Waals surface area contributed by atoms with Crippen molar-refractivity contribution in [3.8, 4) is 5.75 Å². The van der Waals surface area contributed by atoms with E-state index in [4.69, 9.17) is 4.74 Å². The number of benzene rings is 1. The molecule has 1 aliphatic heterocycles. The normalized spacial score (nSPS) is 19.0. The third-order valence-electron chi connectivity index (χ3n) is 4.33. The first kappa shape index (κ1) is 14.5. The molecule has 1 aromatic carbocycles. The molecule has 24 heavy (non-hydrogen) atoms. The standard InChI is InChI=1S/C17H16N4O3/c1-11(22)19-9-17(14-7-2-3-8-18-14)10-24-13-6-4-5-12-15(13)21(17)16(23)20-12/h2-8H,9-10H2,1H3,(H,19,22)(H,20,23). The van der Waals surface area contributed by atoms with Crippen LogP contribution in [0.3, 0.4) is 0 Å². The number of hydrogen-bond acceptors (Lipinski definition) is 4. The molecular formula is C17H16N4O3. The minimum Gasteiger partial charge on any atom is -0.488 e. The van der Waals surface area contributed by atoms with Crippen LogP contribution in [0.4, 0.5) is 0 Å². The van der Waals surface area contributed by atoms with E-state index in [0.717, 1.165) is 0 Å². The zero-order valence-corrected chi connectivity index (χ0v) is 13.1. The Bertz CT molecular complexity index is 976. The summed E-state index contributed by atoms with van der Waals surface area (Å²) >= 11 is 0. The molecule has 1 unspecified atom stereocenters. The molecule has 0 radical (unpaired) electrons. The van der Waals surface area contributed by atoms with E-state index in [2.05, 4.69) is 15.3 Å². The minimum absolute atomic E-state index is 0.177. The van der Waals surface area contributed by atoms with Gasteiger partial charge in [0.05, 0.1) is 17.8 Å². The van der Waals surface area contributed by atoms with E-state index in [9.17, 15) is 9.59 Å². The summed E-state index contributed by atoms with van der Waals surface area (Å²) in [6.45, 7) is 1.86. The van der Waals surface area contributed by atoms with Crippen LogP contribution in [-0.4, -0.2) is 33.6 Å². The summed E-state index contributed by atoms with van der Waals surface area (Å²) in [5.41, 5.74) is 0.884. The van der Waals surface area contributed by atoms with Crippen molar-refractivity contribution in [2.45, 2.75) is 12.5 Å². The van der Waals surface area contributed by atoms with Crippen LogP contribution in [0.5, 0.6) is 5.75 Å². The Morgan fingerprint density at radius 1 is 1.38 bits per heavy atom. The van der Waals surface area contributed by atoms with Gasteiger partial charge >= 0.3 is 5.69 Å². The lowest BCUT2D eigenvalue weighted by atomic mass is 9.93. The molecular weight excluding hydrogens is 308 g/mol. The molecule has 7 nitrogen and oxygen atoms in total. The fourth-order valence-corrected chi connectivity index (χ4v) is 3.23. The van der Waals surface area contributed by atoms with E-state index in [1.807, 2.05) is 36.4 Å². The maximum absolute atomic E-state index is 12.7. The summed E-state index contributed by atoms with van der Waals surface area (Å²) in [7, 11) is 0. The van der Waals surface area contributed by atoms with Crippen LogP contribution in [0.25, 0.3) is 11.0 Å². The number of imidazole rings is 1. The number of pyridine rings is 1. The molecule has 3 aromatic rings. The molecule has 0 fully saturated rings. The molecule has 0 saturated carbocycles. The van der Waals surface area contributed by atoms with Crippen molar-refractivity contribution in [1.82, 2.24) is 19.9 Å². The number of carbonyl (C=O) groups is 1. The van der Waals surface area contributed by atoms with E-state index in [-0.39, 0.29) is 24.7 Å². The number of amides is 1. The summed E-state index contributed by atoms with van der Waals surface area (Å²) in [5, 5.41) is 2.81. The molecule has 0 spiro atoms. The van der Waals surface area contributed by atoms with Gasteiger partial charge in [-0.25, -0.2) is 4.79 Å². The maximum atomic E-state index is 12.7. The number of aromatic amines is 1. The second-order valence-corrected chi connectivity index (χ2v) is 5.86. The smallest absolute Gasteiger partial charge is 0.327 e. The predicted octanol–water partition coefficient (Wildman–Crippen LogP) is 0.997. The Labute approximate surface area is 137 Å². The quantitative estimate of drug-likeness (QED) is 0.752. The van der Waals surface area contributed by atoms with Gasteiger partial charge in [0.2, 0.25) is 5.91 Å². The van der Waals surface area contributed by atoms with Crippen molar-refractivity contribution in [2.24, 2.45) is 0 Å². The summed E-state index contributed by atoms with van der Waals surface area (Å²) in [4.78, 5) is 31.5. The van der Waals surface area contributed by atoms with Crippen LogP contribution >= 0.6 is 0 Å². The van der Waals surface area contributed by atoms with Crippen molar-refractivity contribution in [1.29, 1.82) is 0 Å². The molecule has 2 aromatic heterocycles. The number of nitrogens with one attached hydrogen (secondary N) is 2. The number of rotatable bonds is 3. The van der Waals surface area contributed by atoms with Gasteiger partial charge in [0.15, 0.2) is 0 Å². The SMILES string of the molecule is CC(=O)NCC1(c2ccccn2)COc2cccc3[nH]c(=O)n1c23. The van der Waals surface area contributed by atoms with Gasteiger partial charge in [0.1, 0.15) is 23.4 Å². The first-order chi connectivity index (χ1) is 11.6. The predicted molar refractivity (Wildman–Crippen MR) is 88.1 cm³/mol. The second-order valence-electron chi connectivity index (χ2n) is 5.86. The Balaban J connectivity index is 2.01. The van der Waals surface area contributed by atoms with Crippen LogP contribution in [0.15, 0.2) is 47.4 Å². The van der Waals surface area contributed by atoms with Crippen LogP contribution in [-0.2, 0) is 10.3 Å². The number of H-pyrrole nitrogens is 1. The van der Waals surface area contributed by atoms with Crippen molar-refractivity contribution in [2.75, 3.05) is 13.2 Å². The second kappa shape index (κ2) is 5.23. The highest BCUT2D eigenvalue weighted by Gasteiger charge is 2.43. The Kier molecular flexibility index (Phi) is 3.16. The Morgan fingerprint density at radius 2 is 2.25 bits per heavy atom. The van der Waals surface area contributed by atoms with Gasteiger partial charge in [0.25, 0.3) is 0 Å². The molecule has 0 bridgehead atoms. The van der Waals surface area contributed by atoms with Gasteiger partial charge in [-0.05, 0) is 24.3 Å². The number of hydrogen-bond donors (Lipinski definition) is 2.